The molecular formula is C12H16BrNO3. The van der Waals surface area contributed by atoms with Gasteiger partial charge in [0.1, 0.15) is 5.75 Å². The molecule has 0 aromatic heterocycles. The zero-order valence-corrected chi connectivity index (χ0v) is 11.3. The van der Waals surface area contributed by atoms with Crippen LogP contribution in [-0.4, -0.2) is 24.4 Å². The monoisotopic (exact) mass is 301 g/mol. The van der Waals surface area contributed by atoms with Crippen LogP contribution in [0.3, 0.4) is 0 Å². The summed E-state index contributed by atoms with van der Waals surface area (Å²) in [6.07, 6.45) is 1.39. The first-order chi connectivity index (χ1) is 8.09. The maximum atomic E-state index is 10.1. The summed E-state index contributed by atoms with van der Waals surface area (Å²) in [5.74, 6) is 1.48. The number of ether oxygens (including phenoxy) is 2. The SMILES string of the molecule is CC(N)Cc1c(O)c(Br)cc2c1OCCCO2. The minimum Gasteiger partial charge on any atom is -0.506 e. The summed E-state index contributed by atoms with van der Waals surface area (Å²) in [5.41, 5.74) is 6.51. The molecule has 1 heterocycles. The molecule has 1 aromatic rings. The lowest BCUT2D eigenvalue weighted by atomic mass is 10.0. The molecule has 94 valence electrons. The van der Waals surface area contributed by atoms with Crippen molar-refractivity contribution in [2.45, 2.75) is 25.8 Å². The average molecular weight is 302 g/mol. The summed E-state index contributed by atoms with van der Waals surface area (Å²) in [4.78, 5) is 0. The molecule has 1 aromatic carbocycles. The minimum atomic E-state index is -0.0499. The van der Waals surface area contributed by atoms with Crippen molar-refractivity contribution in [2.75, 3.05) is 13.2 Å². The number of fused-ring (bicyclic) bond motifs is 1. The number of benzene rings is 1. The lowest BCUT2D eigenvalue weighted by Crippen LogP contribution is -2.18. The van der Waals surface area contributed by atoms with Crippen molar-refractivity contribution in [1.29, 1.82) is 0 Å². The minimum absolute atomic E-state index is 0.0499. The quantitative estimate of drug-likeness (QED) is 0.879. The molecule has 17 heavy (non-hydrogen) atoms. The maximum absolute atomic E-state index is 10.1. The van der Waals surface area contributed by atoms with Crippen LogP contribution in [-0.2, 0) is 6.42 Å². The third-order valence-corrected chi connectivity index (χ3v) is 3.19. The van der Waals surface area contributed by atoms with E-state index >= 15 is 0 Å². The van der Waals surface area contributed by atoms with Gasteiger partial charge in [-0.05, 0) is 29.3 Å². The topological polar surface area (TPSA) is 64.7 Å². The van der Waals surface area contributed by atoms with Crippen molar-refractivity contribution >= 4 is 15.9 Å². The van der Waals surface area contributed by atoms with E-state index in [1.54, 1.807) is 6.07 Å². The zero-order chi connectivity index (χ0) is 12.4. The van der Waals surface area contributed by atoms with Crippen LogP contribution in [0.15, 0.2) is 10.5 Å². The van der Waals surface area contributed by atoms with Crippen molar-refractivity contribution in [2.24, 2.45) is 5.73 Å². The Kier molecular flexibility index (Phi) is 3.79. The summed E-state index contributed by atoms with van der Waals surface area (Å²) in [7, 11) is 0. The molecular weight excluding hydrogens is 286 g/mol. The van der Waals surface area contributed by atoms with Gasteiger partial charge in [-0.3, -0.25) is 0 Å². The summed E-state index contributed by atoms with van der Waals surface area (Å²) in [6, 6.07) is 1.69. The van der Waals surface area contributed by atoms with E-state index in [1.807, 2.05) is 6.92 Å². The van der Waals surface area contributed by atoms with Crippen molar-refractivity contribution in [3.8, 4) is 17.2 Å². The number of hydrogen-bond acceptors (Lipinski definition) is 4. The van der Waals surface area contributed by atoms with Crippen LogP contribution in [0.5, 0.6) is 17.2 Å². The molecule has 1 atom stereocenters. The molecule has 0 saturated heterocycles. The molecule has 5 heteroatoms. The molecule has 0 bridgehead atoms. The van der Waals surface area contributed by atoms with Crippen molar-refractivity contribution in [3.63, 3.8) is 0 Å². The molecule has 2 rings (SSSR count). The van der Waals surface area contributed by atoms with Crippen molar-refractivity contribution in [1.82, 2.24) is 0 Å². The fraction of sp³-hybridized carbons (Fsp3) is 0.500. The van der Waals surface area contributed by atoms with Crippen LogP contribution < -0.4 is 15.2 Å². The third kappa shape index (κ3) is 2.66. The van der Waals surface area contributed by atoms with E-state index in [0.717, 1.165) is 6.42 Å². The van der Waals surface area contributed by atoms with E-state index in [0.29, 0.717) is 41.2 Å². The lowest BCUT2D eigenvalue weighted by molar-refractivity contribution is 0.295. The Balaban J connectivity index is 2.49. The molecule has 0 aliphatic carbocycles. The first kappa shape index (κ1) is 12.5. The van der Waals surface area contributed by atoms with Crippen LogP contribution in [0.2, 0.25) is 0 Å². The van der Waals surface area contributed by atoms with Gasteiger partial charge >= 0.3 is 0 Å². The molecule has 1 aliphatic heterocycles. The Labute approximate surface area is 109 Å². The summed E-state index contributed by atoms with van der Waals surface area (Å²) < 4.78 is 11.9. The second-order valence-electron chi connectivity index (χ2n) is 4.24. The zero-order valence-electron chi connectivity index (χ0n) is 9.70. The standard InChI is InChI=1S/C12H16BrNO3/c1-7(14)5-8-11(15)9(13)6-10-12(8)17-4-2-3-16-10/h6-7,15H,2-5,14H2,1H3. The number of nitrogens with two attached hydrogens (primary N) is 1. The molecule has 0 fully saturated rings. The fourth-order valence-corrected chi connectivity index (χ4v) is 2.29. The first-order valence-electron chi connectivity index (χ1n) is 5.65. The van der Waals surface area contributed by atoms with Gasteiger partial charge in [0.2, 0.25) is 0 Å². The van der Waals surface area contributed by atoms with Crippen LogP contribution in [0.4, 0.5) is 0 Å². The largest absolute Gasteiger partial charge is 0.506 e. The highest BCUT2D eigenvalue weighted by Crippen LogP contribution is 2.43. The van der Waals surface area contributed by atoms with Gasteiger partial charge in [0.15, 0.2) is 11.5 Å². The number of rotatable bonds is 2. The van der Waals surface area contributed by atoms with Crippen molar-refractivity contribution in [3.05, 3.63) is 16.1 Å². The summed E-state index contributed by atoms with van der Waals surface area (Å²) in [5, 5.41) is 10.1. The van der Waals surface area contributed by atoms with E-state index in [1.165, 1.54) is 0 Å². The second-order valence-corrected chi connectivity index (χ2v) is 5.10. The number of halogens is 1. The highest BCUT2D eigenvalue weighted by atomic mass is 79.9. The lowest BCUT2D eigenvalue weighted by Gasteiger charge is -2.16. The van der Waals surface area contributed by atoms with E-state index < -0.39 is 0 Å². The summed E-state index contributed by atoms with van der Waals surface area (Å²) >= 11 is 3.31. The molecule has 0 spiro atoms. The fourth-order valence-electron chi connectivity index (χ4n) is 1.84. The molecule has 1 unspecified atom stereocenters. The van der Waals surface area contributed by atoms with E-state index in [-0.39, 0.29) is 11.8 Å². The third-order valence-electron chi connectivity index (χ3n) is 2.59. The molecule has 4 nitrogen and oxygen atoms in total. The molecule has 0 amide bonds. The highest BCUT2D eigenvalue weighted by Gasteiger charge is 2.21. The smallest absolute Gasteiger partial charge is 0.168 e. The van der Waals surface area contributed by atoms with Crippen LogP contribution in [0.1, 0.15) is 18.9 Å². The van der Waals surface area contributed by atoms with Gasteiger partial charge in [0.05, 0.1) is 17.7 Å². The first-order valence-corrected chi connectivity index (χ1v) is 6.44. The Hall–Kier alpha value is -0.940. The van der Waals surface area contributed by atoms with Crippen molar-refractivity contribution < 1.29 is 14.6 Å². The van der Waals surface area contributed by atoms with Crippen LogP contribution in [0.25, 0.3) is 0 Å². The Bertz CT molecular complexity index is 421. The van der Waals surface area contributed by atoms with Gasteiger partial charge in [-0.2, -0.15) is 0 Å². The van der Waals surface area contributed by atoms with Crippen LogP contribution >= 0.6 is 15.9 Å². The number of phenols is 1. The Morgan fingerprint density at radius 3 is 2.88 bits per heavy atom. The number of aromatic hydroxyl groups is 1. The van der Waals surface area contributed by atoms with Crippen LogP contribution in [0, 0.1) is 0 Å². The number of hydrogen-bond donors (Lipinski definition) is 2. The molecule has 3 N–H and O–H groups in total. The van der Waals surface area contributed by atoms with Gasteiger partial charge in [-0.15, -0.1) is 0 Å². The normalized spacial score (nSPS) is 16.4. The molecule has 0 saturated carbocycles. The number of phenolic OH excluding ortho intramolecular Hbond substituents is 1. The predicted molar refractivity (Wildman–Crippen MR) is 68.8 cm³/mol. The van der Waals surface area contributed by atoms with E-state index in [2.05, 4.69) is 15.9 Å². The average Bonchev–Trinajstić information content (AvgIpc) is 2.49. The second kappa shape index (κ2) is 5.14. The Morgan fingerprint density at radius 1 is 1.47 bits per heavy atom. The van der Waals surface area contributed by atoms with Gasteiger partial charge in [-0.25, -0.2) is 0 Å². The van der Waals surface area contributed by atoms with Gasteiger partial charge in [-0.1, -0.05) is 0 Å². The molecule has 1 aliphatic rings. The van der Waals surface area contributed by atoms with Gasteiger partial charge in [0.25, 0.3) is 0 Å². The maximum Gasteiger partial charge on any atom is 0.168 e. The highest BCUT2D eigenvalue weighted by molar-refractivity contribution is 9.10. The Morgan fingerprint density at radius 2 is 2.18 bits per heavy atom. The van der Waals surface area contributed by atoms with Gasteiger partial charge < -0.3 is 20.3 Å². The summed E-state index contributed by atoms with van der Waals surface area (Å²) in [6.45, 7) is 3.12. The van der Waals surface area contributed by atoms with Gasteiger partial charge in [0, 0.05) is 24.1 Å². The molecule has 0 radical (unpaired) electrons. The van der Waals surface area contributed by atoms with E-state index in [9.17, 15) is 5.11 Å². The predicted octanol–water partition coefficient (Wildman–Crippen LogP) is 2.21. The van der Waals surface area contributed by atoms with E-state index in [4.69, 9.17) is 15.2 Å².